The van der Waals surface area contributed by atoms with Gasteiger partial charge >= 0.3 is 0 Å². The van der Waals surface area contributed by atoms with Crippen molar-refractivity contribution in [1.29, 1.82) is 0 Å². The maximum Gasteiger partial charge on any atom is 0.110 e. The van der Waals surface area contributed by atoms with Crippen LogP contribution < -0.4 is 5.32 Å². The van der Waals surface area contributed by atoms with E-state index in [4.69, 9.17) is 0 Å². The Balaban J connectivity index is 1.33. The summed E-state index contributed by atoms with van der Waals surface area (Å²) in [6.07, 6.45) is 11.2. The predicted octanol–water partition coefficient (Wildman–Crippen LogP) is 5.46. The van der Waals surface area contributed by atoms with Crippen LogP contribution >= 0.6 is 0 Å². The molecule has 4 nitrogen and oxygen atoms in total. The first-order valence-corrected chi connectivity index (χ1v) is 11.1. The molecule has 2 aliphatic rings. The summed E-state index contributed by atoms with van der Waals surface area (Å²) >= 11 is 0. The molecule has 0 bridgehead atoms. The van der Waals surface area contributed by atoms with Gasteiger partial charge in [0, 0.05) is 12.1 Å². The van der Waals surface area contributed by atoms with Crippen molar-refractivity contribution in [3.63, 3.8) is 0 Å². The van der Waals surface area contributed by atoms with E-state index in [0.29, 0.717) is 5.92 Å². The van der Waals surface area contributed by atoms with E-state index in [1.54, 1.807) is 0 Å². The first kappa shape index (κ1) is 19.8. The van der Waals surface area contributed by atoms with Crippen molar-refractivity contribution in [1.82, 2.24) is 20.2 Å². The molecule has 2 fully saturated rings. The summed E-state index contributed by atoms with van der Waals surface area (Å²) in [6, 6.07) is 9.07. The molecule has 1 aromatic heterocycles. The van der Waals surface area contributed by atoms with E-state index in [9.17, 15) is 0 Å². The van der Waals surface area contributed by atoms with Gasteiger partial charge < -0.3 is 15.2 Å². The average Bonchev–Trinajstić information content (AvgIpc) is 3.43. The van der Waals surface area contributed by atoms with E-state index < -0.39 is 0 Å². The number of aromatic amines is 1. The van der Waals surface area contributed by atoms with Gasteiger partial charge in [-0.2, -0.15) is 0 Å². The van der Waals surface area contributed by atoms with Gasteiger partial charge in [-0.3, -0.25) is 0 Å². The highest BCUT2D eigenvalue weighted by molar-refractivity contribution is 5.28. The zero-order valence-electron chi connectivity index (χ0n) is 17.7. The van der Waals surface area contributed by atoms with Gasteiger partial charge in [0.05, 0.1) is 30.8 Å². The summed E-state index contributed by atoms with van der Waals surface area (Å²) in [5.74, 6) is 3.53. The standard InChI is InChI=1S/C25H34N4/c1-18(11-12-21-7-4-5-8-21)23-10-6-9-22(13-23)14-25-26-15-24(28-25)17-29-16-19(2)27-20(29)3/h6,9-10,13,15,18,21,27H,2-5,7-8,11-12,14,16-17H2,1H3,(H,26,28). The Kier molecular flexibility index (Phi) is 6.08. The smallest absolute Gasteiger partial charge is 0.110 e. The maximum absolute atomic E-state index is 4.61. The molecule has 1 saturated heterocycles. The molecule has 1 saturated carbocycles. The van der Waals surface area contributed by atoms with Crippen LogP contribution in [0.1, 0.15) is 74.0 Å². The lowest BCUT2D eigenvalue weighted by atomic mass is 9.90. The molecule has 0 radical (unpaired) electrons. The molecule has 1 unspecified atom stereocenters. The summed E-state index contributed by atoms with van der Waals surface area (Å²) in [5, 5.41) is 3.18. The van der Waals surface area contributed by atoms with Crippen molar-refractivity contribution in [2.75, 3.05) is 6.54 Å². The highest BCUT2D eigenvalue weighted by atomic mass is 15.3. The van der Waals surface area contributed by atoms with Crippen molar-refractivity contribution < 1.29 is 0 Å². The SMILES string of the molecule is C=C1CN(Cc2cnc(Cc3cccc(C(C)CCC4CCCC4)c3)[nH]2)C(=C)N1. The highest BCUT2D eigenvalue weighted by Crippen LogP contribution is 2.32. The Labute approximate surface area is 175 Å². The number of hydrogen-bond acceptors (Lipinski definition) is 3. The maximum atomic E-state index is 4.61. The van der Waals surface area contributed by atoms with E-state index in [2.05, 4.69) is 64.5 Å². The molecule has 154 valence electrons. The van der Waals surface area contributed by atoms with Gasteiger partial charge in [0.2, 0.25) is 0 Å². The van der Waals surface area contributed by atoms with Gasteiger partial charge in [0.15, 0.2) is 0 Å². The second-order valence-electron chi connectivity index (χ2n) is 8.94. The molecule has 4 heteroatoms. The van der Waals surface area contributed by atoms with Crippen molar-refractivity contribution in [3.8, 4) is 0 Å². The monoisotopic (exact) mass is 390 g/mol. The van der Waals surface area contributed by atoms with Crippen LogP contribution in [0.3, 0.4) is 0 Å². The van der Waals surface area contributed by atoms with Gasteiger partial charge in [-0.1, -0.05) is 70.0 Å². The van der Waals surface area contributed by atoms with Crippen molar-refractivity contribution in [2.45, 2.75) is 64.3 Å². The summed E-state index contributed by atoms with van der Waals surface area (Å²) in [7, 11) is 0. The Morgan fingerprint density at radius 2 is 2.07 bits per heavy atom. The lowest BCUT2D eigenvalue weighted by Gasteiger charge is -2.16. The van der Waals surface area contributed by atoms with Gasteiger partial charge in [0.25, 0.3) is 0 Å². The normalized spacial score (nSPS) is 18.4. The molecule has 2 N–H and O–H groups in total. The average molecular weight is 391 g/mol. The lowest BCUT2D eigenvalue weighted by molar-refractivity contribution is 0.390. The number of benzene rings is 1. The van der Waals surface area contributed by atoms with Crippen molar-refractivity contribution >= 4 is 0 Å². The van der Waals surface area contributed by atoms with Crippen LogP contribution in [-0.4, -0.2) is 21.4 Å². The largest absolute Gasteiger partial charge is 0.347 e. The van der Waals surface area contributed by atoms with E-state index in [-0.39, 0.29) is 0 Å². The summed E-state index contributed by atoms with van der Waals surface area (Å²) in [5.41, 5.74) is 4.90. The van der Waals surface area contributed by atoms with Crippen molar-refractivity contribution in [2.24, 2.45) is 5.92 Å². The third-order valence-corrected chi connectivity index (χ3v) is 6.50. The number of hydrogen-bond donors (Lipinski definition) is 2. The van der Waals surface area contributed by atoms with Crippen LogP contribution in [0.5, 0.6) is 0 Å². The fraction of sp³-hybridized carbons (Fsp3) is 0.480. The first-order chi connectivity index (χ1) is 14.1. The Morgan fingerprint density at radius 1 is 1.24 bits per heavy atom. The molecule has 1 aromatic carbocycles. The minimum atomic E-state index is 0.629. The van der Waals surface area contributed by atoms with Crippen LogP contribution in [0.15, 0.2) is 55.1 Å². The predicted molar refractivity (Wildman–Crippen MR) is 119 cm³/mol. The first-order valence-electron chi connectivity index (χ1n) is 11.1. The minimum absolute atomic E-state index is 0.629. The van der Waals surface area contributed by atoms with Crippen LogP contribution in [-0.2, 0) is 13.0 Å². The van der Waals surface area contributed by atoms with E-state index in [1.807, 2.05) is 6.20 Å². The third-order valence-electron chi connectivity index (χ3n) is 6.50. The van der Waals surface area contributed by atoms with E-state index >= 15 is 0 Å². The van der Waals surface area contributed by atoms with Crippen LogP contribution in [0, 0.1) is 5.92 Å². The number of aromatic nitrogens is 2. The topological polar surface area (TPSA) is 44.0 Å². The quantitative estimate of drug-likeness (QED) is 0.629. The molecule has 1 atom stereocenters. The van der Waals surface area contributed by atoms with Gasteiger partial charge in [0.1, 0.15) is 5.82 Å². The van der Waals surface area contributed by atoms with Gasteiger partial charge in [-0.25, -0.2) is 4.98 Å². The molecule has 0 amide bonds. The molecule has 2 aromatic rings. The third kappa shape index (κ3) is 5.11. The second-order valence-corrected chi connectivity index (χ2v) is 8.94. The van der Waals surface area contributed by atoms with Crippen LogP contribution in [0.4, 0.5) is 0 Å². The van der Waals surface area contributed by atoms with Crippen molar-refractivity contribution in [3.05, 3.63) is 77.8 Å². The molecule has 1 aliphatic heterocycles. The lowest BCUT2D eigenvalue weighted by Crippen LogP contribution is -2.18. The molecular formula is C25H34N4. The Bertz CT molecular complexity index is 859. The number of imidazole rings is 1. The van der Waals surface area contributed by atoms with Gasteiger partial charge in [-0.05, 0) is 35.8 Å². The number of nitrogens with zero attached hydrogens (tertiary/aromatic N) is 2. The zero-order valence-corrected chi connectivity index (χ0v) is 17.7. The molecule has 2 heterocycles. The Hall–Kier alpha value is -2.49. The molecule has 29 heavy (non-hydrogen) atoms. The fourth-order valence-electron chi connectivity index (χ4n) is 4.74. The van der Waals surface area contributed by atoms with Crippen LogP contribution in [0.2, 0.25) is 0 Å². The van der Waals surface area contributed by atoms with E-state index in [0.717, 1.165) is 48.5 Å². The zero-order chi connectivity index (χ0) is 20.2. The summed E-state index contributed by atoms with van der Waals surface area (Å²) in [6.45, 7) is 12.0. The molecule has 0 spiro atoms. The molecule has 4 rings (SSSR count). The molecular weight excluding hydrogens is 356 g/mol. The second kappa shape index (κ2) is 8.89. The number of H-pyrrole nitrogens is 1. The number of rotatable bonds is 8. The summed E-state index contributed by atoms with van der Waals surface area (Å²) in [4.78, 5) is 10.3. The summed E-state index contributed by atoms with van der Waals surface area (Å²) < 4.78 is 0. The highest BCUT2D eigenvalue weighted by Gasteiger charge is 2.19. The Morgan fingerprint density at radius 3 is 2.83 bits per heavy atom. The van der Waals surface area contributed by atoms with Crippen LogP contribution in [0.25, 0.3) is 0 Å². The van der Waals surface area contributed by atoms with E-state index in [1.165, 1.54) is 49.7 Å². The van der Waals surface area contributed by atoms with Gasteiger partial charge in [-0.15, -0.1) is 0 Å². The minimum Gasteiger partial charge on any atom is -0.347 e. The number of nitrogens with one attached hydrogen (secondary N) is 2. The molecule has 1 aliphatic carbocycles. The fourth-order valence-corrected chi connectivity index (χ4v) is 4.74.